The van der Waals surface area contributed by atoms with Crippen molar-refractivity contribution in [1.82, 2.24) is 25.0 Å². The van der Waals surface area contributed by atoms with Crippen LogP contribution in [0.3, 0.4) is 0 Å². The smallest absolute Gasteiger partial charge is 0.324 e. The van der Waals surface area contributed by atoms with Gasteiger partial charge in [0.15, 0.2) is 0 Å². The molecule has 1 saturated heterocycles. The normalized spacial score (nSPS) is 23.9. The maximum atomic E-state index is 12.5. The molecule has 9 nitrogen and oxygen atoms in total. The Morgan fingerprint density at radius 2 is 2.11 bits per heavy atom. The number of nitrogens with zero attached hydrogens (tertiary/aromatic N) is 5. The summed E-state index contributed by atoms with van der Waals surface area (Å²) in [4.78, 5) is 28.6. The van der Waals surface area contributed by atoms with Crippen molar-refractivity contribution in [3.63, 3.8) is 0 Å². The molecule has 1 saturated carbocycles. The molecule has 0 bridgehead atoms. The fraction of sp³-hybridized carbons (Fsp3) is 0.474. The molecule has 3 atom stereocenters. The number of aromatic nitrogens is 4. The second-order valence-electron chi connectivity index (χ2n) is 7.86. The number of likely N-dealkylation sites (tertiary alicyclic amines) is 1. The lowest BCUT2D eigenvalue weighted by Gasteiger charge is -2.27. The average molecular weight is 381 g/mol. The van der Waals surface area contributed by atoms with E-state index in [1.54, 1.807) is 12.4 Å². The summed E-state index contributed by atoms with van der Waals surface area (Å²) in [6.45, 7) is 3.38. The van der Waals surface area contributed by atoms with Crippen LogP contribution in [0.15, 0.2) is 29.2 Å². The van der Waals surface area contributed by atoms with Crippen LogP contribution in [-0.4, -0.2) is 57.2 Å². The molecule has 2 aliphatic rings. The van der Waals surface area contributed by atoms with E-state index in [1.807, 2.05) is 24.1 Å². The number of carbonyl (C=O) groups is 1. The number of H-pyrrole nitrogens is 1. The first-order valence-electron chi connectivity index (χ1n) is 9.58. The van der Waals surface area contributed by atoms with Gasteiger partial charge < -0.3 is 19.3 Å². The maximum Gasteiger partial charge on any atom is 0.324 e. The fourth-order valence-corrected chi connectivity index (χ4v) is 4.67. The summed E-state index contributed by atoms with van der Waals surface area (Å²) in [5, 5.41) is 7.65. The number of nitrogens with one attached hydrogen (secondary N) is 2. The van der Waals surface area contributed by atoms with Gasteiger partial charge in [0.1, 0.15) is 17.8 Å². The molecule has 28 heavy (non-hydrogen) atoms. The summed E-state index contributed by atoms with van der Waals surface area (Å²) in [6, 6.07) is 4.06. The number of carbonyl (C=O) groups excluding carboxylic acids is 1. The zero-order valence-electron chi connectivity index (χ0n) is 15.9. The Balaban J connectivity index is 1.23. The number of hydrogen-bond donors (Lipinski definition) is 2. The first kappa shape index (κ1) is 17.0. The highest BCUT2D eigenvalue weighted by atomic mass is 16.5. The van der Waals surface area contributed by atoms with Crippen molar-refractivity contribution in [2.45, 2.75) is 25.8 Å². The molecule has 5 rings (SSSR count). The predicted molar refractivity (Wildman–Crippen MR) is 104 cm³/mol. The summed E-state index contributed by atoms with van der Waals surface area (Å²) in [6.07, 6.45) is 5.62. The van der Waals surface area contributed by atoms with Crippen LogP contribution in [0.2, 0.25) is 0 Å². The van der Waals surface area contributed by atoms with Gasteiger partial charge in [-0.15, -0.1) is 0 Å². The number of hydrogen-bond acceptors (Lipinski definition) is 6. The number of fused-ring (bicyclic) bond motifs is 2. The third-order valence-electron chi connectivity index (χ3n) is 6.09. The monoisotopic (exact) mass is 381 g/mol. The Labute approximate surface area is 162 Å². The highest BCUT2D eigenvalue weighted by Gasteiger charge is 2.44. The molecule has 1 aliphatic heterocycles. The van der Waals surface area contributed by atoms with E-state index < -0.39 is 0 Å². The summed E-state index contributed by atoms with van der Waals surface area (Å²) in [5.41, 5.74) is 1.61. The van der Waals surface area contributed by atoms with Crippen LogP contribution in [-0.2, 0) is 0 Å². The number of urea groups is 1. The van der Waals surface area contributed by atoms with Gasteiger partial charge >= 0.3 is 6.03 Å². The minimum absolute atomic E-state index is 0.111. The Kier molecular flexibility index (Phi) is 3.96. The van der Waals surface area contributed by atoms with Crippen LogP contribution in [0.5, 0.6) is 0 Å². The van der Waals surface area contributed by atoms with E-state index >= 15 is 0 Å². The third kappa shape index (κ3) is 2.87. The number of amides is 2. The van der Waals surface area contributed by atoms with Gasteiger partial charge in [-0.3, -0.25) is 5.32 Å². The molecule has 9 heteroatoms. The van der Waals surface area contributed by atoms with Crippen LogP contribution in [0.4, 0.5) is 16.5 Å². The summed E-state index contributed by atoms with van der Waals surface area (Å²) >= 11 is 0. The summed E-state index contributed by atoms with van der Waals surface area (Å²) in [7, 11) is 2.11. The standard InChI is InChI=1S/C19H23N7O2/c1-11-5-16(28-24-11)23-19(27)26-8-12-6-14(7-13(12)9-26)25(2)18-15-3-4-20-17(15)21-10-22-18/h3-5,10,12-14H,6-9H2,1-2H3,(H,23,27)(H,20,21,22)/t12-,13?,14?/m1/s1. The van der Waals surface area contributed by atoms with Crippen LogP contribution in [0.25, 0.3) is 11.0 Å². The largest absolute Gasteiger partial charge is 0.356 e. The molecule has 2 fully saturated rings. The van der Waals surface area contributed by atoms with Crippen molar-refractivity contribution >= 4 is 28.8 Å². The van der Waals surface area contributed by atoms with Crippen molar-refractivity contribution in [3.8, 4) is 0 Å². The number of anilines is 2. The Morgan fingerprint density at radius 3 is 2.82 bits per heavy atom. The maximum absolute atomic E-state index is 12.5. The van der Waals surface area contributed by atoms with Gasteiger partial charge in [0.25, 0.3) is 0 Å². The lowest BCUT2D eigenvalue weighted by atomic mass is 10.0. The van der Waals surface area contributed by atoms with Crippen LogP contribution in [0, 0.1) is 18.8 Å². The predicted octanol–water partition coefficient (Wildman–Crippen LogP) is 2.63. The van der Waals surface area contributed by atoms with Gasteiger partial charge in [-0.1, -0.05) is 5.16 Å². The van der Waals surface area contributed by atoms with Gasteiger partial charge in [0.05, 0.1) is 11.1 Å². The second kappa shape index (κ2) is 6.50. The van der Waals surface area contributed by atoms with Gasteiger partial charge in [0, 0.05) is 38.4 Å². The fourth-order valence-electron chi connectivity index (χ4n) is 4.67. The molecular formula is C19H23N7O2. The van der Waals surface area contributed by atoms with Crippen LogP contribution >= 0.6 is 0 Å². The molecule has 2 amide bonds. The van der Waals surface area contributed by atoms with E-state index in [0.717, 1.165) is 48.5 Å². The van der Waals surface area contributed by atoms with E-state index in [2.05, 4.69) is 37.4 Å². The van der Waals surface area contributed by atoms with Crippen molar-refractivity contribution < 1.29 is 9.32 Å². The van der Waals surface area contributed by atoms with Crippen molar-refractivity contribution in [3.05, 3.63) is 30.4 Å². The minimum atomic E-state index is -0.111. The summed E-state index contributed by atoms with van der Waals surface area (Å²) in [5.74, 6) is 2.39. The van der Waals surface area contributed by atoms with E-state index in [1.165, 1.54) is 0 Å². The Morgan fingerprint density at radius 1 is 1.32 bits per heavy atom. The second-order valence-corrected chi connectivity index (χ2v) is 7.86. The molecule has 1 aliphatic carbocycles. The molecule has 0 radical (unpaired) electrons. The van der Waals surface area contributed by atoms with E-state index in [-0.39, 0.29) is 6.03 Å². The number of aromatic amines is 1. The Hall–Kier alpha value is -3.10. The molecule has 2 unspecified atom stereocenters. The quantitative estimate of drug-likeness (QED) is 0.723. The van der Waals surface area contributed by atoms with Crippen molar-refractivity contribution in [2.24, 2.45) is 11.8 Å². The van der Waals surface area contributed by atoms with Gasteiger partial charge in [-0.25, -0.2) is 14.8 Å². The van der Waals surface area contributed by atoms with Crippen LogP contribution < -0.4 is 10.2 Å². The minimum Gasteiger partial charge on any atom is -0.356 e. The summed E-state index contributed by atoms with van der Waals surface area (Å²) < 4.78 is 5.08. The van der Waals surface area contributed by atoms with E-state index in [0.29, 0.717) is 23.8 Å². The lowest BCUT2D eigenvalue weighted by molar-refractivity contribution is 0.217. The zero-order valence-corrected chi connectivity index (χ0v) is 15.9. The molecule has 0 aromatic carbocycles. The van der Waals surface area contributed by atoms with Gasteiger partial charge in [-0.2, -0.15) is 0 Å². The van der Waals surface area contributed by atoms with Crippen LogP contribution in [0.1, 0.15) is 18.5 Å². The highest BCUT2D eigenvalue weighted by Crippen LogP contribution is 2.41. The highest BCUT2D eigenvalue weighted by molar-refractivity contribution is 5.88. The first-order valence-corrected chi connectivity index (χ1v) is 9.58. The molecule has 0 spiro atoms. The average Bonchev–Trinajstić information content (AvgIpc) is 3.43. The number of rotatable bonds is 3. The lowest BCUT2D eigenvalue weighted by Crippen LogP contribution is -2.36. The molecule has 3 aromatic rings. The molecule has 2 N–H and O–H groups in total. The third-order valence-corrected chi connectivity index (χ3v) is 6.09. The van der Waals surface area contributed by atoms with E-state index in [9.17, 15) is 4.79 Å². The molecular weight excluding hydrogens is 358 g/mol. The van der Waals surface area contributed by atoms with E-state index in [4.69, 9.17) is 4.52 Å². The number of aryl methyl sites for hydroxylation is 1. The zero-order chi connectivity index (χ0) is 19.3. The molecule has 146 valence electrons. The molecule has 4 heterocycles. The first-order chi connectivity index (χ1) is 13.6. The topological polar surface area (TPSA) is 103 Å². The Bertz CT molecular complexity index is 999. The molecule has 3 aromatic heterocycles. The van der Waals surface area contributed by atoms with Crippen molar-refractivity contribution in [1.29, 1.82) is 0 Å². The SMILES string of the molecule is Cc1cc(NC(=O)N2CC3CC(N(C)c4ncnc5[nH]ccc45)C[C@@H]3C2)on1. The van der Waals surface area contributed by atoms with Gasteiger partial charge in [0.2, 0.25) is 5.88 Å². The van der Waals surface area contributed by atoms with Crippen molar-refractivity contribution in [2.75, 3.05) is 30.4 Å². The van der Waals surface area contributed by atoms with Gasteiger partial charge in [-0.05, 0) is 37.7 Å².